The number of carbonyl (C=O) groups is 1. The molecule has 0 saturated heterocycles. The Kier molecular flexibility index (Phi) is 4.95. The number of hydrogen-bond acceptors (Lipinski definition) is 4. The van der Waals surface area contributed by atoms with E-state index in [1.54, 1.807) is 0 Å². The summed E-state index contributed by atoms with van der Waals surface area (Å²) in [5, 5.41) is 3.56. The topological polar surface area (TPSA) is 55.1 Å². The maximum atomic E-state index is 12.5. The molecule has 3 rings (SSSR count). The molecule has 0 spiro atoms. The van der Waals surface area contributed by atoms with Gasteiger partial charge in [0, 0.05) is 6.04 Å². The van der Waals surface area contributed by atoms with Gasteiger partial charge in [-0.3, -0.25) is 4.79 Å². The van der Waals surface area contributed by atoms with E-state index in [-0.39, 0.29) is 17.2 Å². The van der Waals surface area contributed by atoms with Crippen LogP contribution in [0.1, 0.15) is 40.0 Å². The number of hydrogen-bond donors (Lipinski definition) is 1. The predicted octanol–water partition coefficient (Wildman–Crippen LogP) is 4.25. The van der Waals surface area contributed by atoms with Crippen LogP contribution in [-0.2, 0) is 4.79 Å². The molecule has 0 bridgehead atoms. The molecule has 1 fully saturated rings. The number of oxazole rings is 1. The third-order valence-electron chi connectivity index (χ3n) is 4.96. The summed E-state index contributed by atoms with van der Waals surface area (Å²) in [5.41, 5.74) is 1.59. The molecule has 23 heavy (non-hydrogen) atoms. The van der Waals surface area contributed by atoms with Gasteiger partial charge in [-0.2, -0.15) is 0 Å². The first-order valence-corrected chi connectivity index (χ1v) is 9.25. The second-order valence-corrected chi connectivity index (χ2v) is 7.88. The van der Waals surface area contributed by atoms with Crippen molar-refractivity contribution < 1.29 is 9.21 Å². The third-order valence-corrected chi connectivity index (χ3v) is 5.90. The van der Waals surface area contributed by atoms with E-state index in [1.165, 1.54) is 24.6 Å². The molecule has 1 aliphatic rings. The van der Waals surface area contributed by atoms with Gasteiger partial charge in [-0.05, 0) is 37.3 Å². The number of benzene rings is 1. The fourth-order valence-electron chi connectivity index (χ4n) is 3.19. The van der Waals surface area contributed by atoms with Gasteiger partial charge >= 0.3 is 0 Å². The van der Waals surface area contributed by atoms with Crippen molar-refractivity contribution in [3.63, 3.8) is 0 Å². The summed E-state index contributed by atoms with van der Waals surface area (Å²) < 4.78 is 5.69. The molecule has 4 nitrogen and oxygen atoms in total. The molecule has 124 valence electrons. The van der Waals surface area contributed by atoms with Crippen molar-refractivity contribution in [2.75, 3.05) is 0 Å². The standard InChI is InChI=1S/C18H24N2O2S/c1-11-7-6-9-14(12(11)2)19-17(21)13(3)23-18-20-15-8-4-5-10-16(15)22-18/h4-5,8,10-14H,6-7,9H2,1-3H3,(H,19,21)/t11-,12+,13+,14+/m0/s1. The largest absolute Gasteiger partial charge is 0.431 e. The van der Waals surface area contributed by atoms with Gasteiger partial charge in [0.15, 0.2) is 5.58 Å². The lowest BCUT2D eigenvalue weighted by Crippen LogP contribution is -2.46. The first kappa shape index (κ1) is 16.4. The number of nitrogens with one attached hydrogen (secondary N) is 1. The molecular formula is C18H24N2O2S. The van der Waals surface area contributed by atoms with Gasteiger partial charge < -0.3 is 9.73 Å². The molecule has 0 unspecified atom stereocenters. The maximum Gasteiger partial charge on any atom is 0.257 e. The van der Waals surface area contributed by atoms with E-state index in [0.29, 0.717) is 17.1 Å². The number of thioether (sulfide) groups is 1. The summed E-state index contributed by atoms with van der Waals surface area (Å²) in [6.07, 6.45) is 3.54. The smallest absolute Gasteiger partial charge is 0.257 e. The second kappa shape index (κ2) is 6.95. The number of fused-ring (bicyclic) bond motifs is 1. The Bertz CT molecular complexity index is 651. The van der Waals surface area contributed by atoms with Crippen molar-refractivity contribution in [2.45, 2.75) is 56.5 Å². The number of carbonyl (C=O) groups excluding carboxylic acids is 1. The first-order valence-electron chi connectivity index (χ1n) is 8.37. The van der Waals surface area contributed by atoms with Crippen LogP contribution in [0.25, 0.3) is 11.1 Å². The van der Waals surface area contributed by atoms with Gasteiger partial charge in [0.25, 0.3) is 5.22 Å². The lowest BCUT2D eigenvalue weighted by molar-refractivity contribution is -0.121. The van der Waals surface area contributed by atoms with Crippen molar-refractivity contribution in [1.29, 1.82) is 0 Å². The molecule has 0 aliphatic heterocycles. The van der Waals surface area contributed by atoms with Crippen LogP contribution >= 0.6 is 11.8 Å². The van der Waals surface area contributed by atoms with E-state index in [2.05, 4.69) is 24.1 Å². The van der Waals surface area contributed by atoms with Gasteiger partial charge in [-0.1, -0.05) is 50.6 Å². The van der Waals surface area contributed by atoms with E-state index in [4.69, 9.17) is 4.42 Å². The third kappa shape index (κ3) is 3.71. The highest BCUT2D eigenvalue weighted by molar-refractivity contribution is 8.00. The highest BCUT2D eigenvalue weighted by atomic mass is 32.2. The lowest BCUT2D eigenvalue weighted by Gasteiger charge is -2.35. The van der Waals surface area contributed by atoms with Crippen LogP contribution in [0.5, 0.6) is 0 Å². The average molecular weight is 332 g/mol. The van der Waals surface area contributed by atoms with Crippen molar-refractivity contribution in [3.8, 4) is 0 Å². The van der Waals surface area contributed by atoms with Gasteiger partial charge in [0.1, 0.15) is 5.52 Å². The Balaban J connectivity index is 1.61. The van der Waals surface area contributed by atoms with Crippen LogP contribution < -0.4 is 5.32 Å². The minimum Gasteiger partial charge on any atom is -0.431 e. The van der Waals surface area contributed by atoms with Crippen molar-refractivity contribution >= 4 is 28.8 Å². The SMILES string of the molecule is C[C@@H]1[C@@H](C)CCC[C@H]1NC(=O)[C@@H](C)Sc1nc2ccccc2o1. The summed E-state index contributed by atoms with van der Waals surface area (Å²) in [6, 6.07) is 7.95. The Morgan fingerprint density at radius 2 is 2.13 bits per heavy atom. The number of aromatic nitrogens is 1. The molecule has 5 heteroatoms. The molecule has 1 saturated carbocycles. The molecule has 4 atom stereocenters. The van der Waals surface area contributed by atoms with Crippen LogP contribution in [-0.4, -0.2) is 22.2 Å². The highest BCUT2D eigenvalue weighted by Gasteiger charge is 2.29. The lowest BCUT2D eigenvalue weighted by atomic mass is 9.78. The van der Waals surface area contributed by atoms with Crippen LogP contribution in [0.4, 0.5) is 0 Å². The molecule has 1 aromatic carbocycles. The van der Waals surface area contributed by atoms with E-state index < -0.39 is 0 Å². The minimum atomic E-state index is -0.215. The van der Waals surface area contributed by atoms with Crippen molar-refractivity contribution in [1.82, 2.24) is 10.3 Å². The molecule has 1 aliphatic carbocycles. The minimum absolute atomic E-state index is 0.0724. The molecule has 0 radical (unpaired) electrons. The molecule has 1 N–H and O–H groups in total. The number of amides is 1. The Hall–Kier alpha value is -1.49. The van der Waals surface area contributed by atoms with E-state index in [0.717, 1.165) is 17.5 Å². The first-order chi connectivity index (χ1) is 11.0. The molecular weight excluding hydrogens is 308 g/mol. The summed E-state index contributed by atoms with van der Waals surface area (Å²) in [6.45, 7) is 6.43. The van der Waals surface area contributed by atoms with E-state index >= 15 is 0 Å². The van der Waals surface area contributed by atoms with Gasteiger partial charge in [0.05, 0.1) is 5.25 Å². The number of rotatable bonds is 4. The van der Waals surface area contributed by atoms with E-state index in [1.807, 2.05) is 31.2 Å². The van der Waals surface area contributed by atoms with Gasteiger partial charge in [0.2, 0.25) is 5.91 Å². The Morgan fingerprint density at radius 1 is 1.35 bits per heavy atom. The molecule has 1 heterocycles. The van der Waals surface area contributed by atoms with Gasteiger partial charge in [-0.15, -0.1) is 0 Å². The van der Waals surface area contributed by atoms with Crippen LogP contribution in [0, 0.1) is 11.8 Å². The average Bonchev–Trinajstić information content (AvgIpc) is 2.93. The Labute approximate surface area is 141 Å². The summed E-state index contributed by atoms with van der Waals surface area (Å²) in [5.74, 6) is 1.28. The highest BCUT2D eigenvalue weighted by Crippen LogP contribution is 2.31. The van der Waals surface area contributed by atoms with Crippen molar-refractivity contribution in [2.24, 2.45) is 11.8 Å². The summed E-state index contributed by atoms with van der Waals surface area (Å²) >= 11 is 1.38. The number of para-hydroxylation sites is 2. The van der Waals surface area contributed by atoms with Crippen LogP contribution in [0.3, 0.4) is 0 Å². The normalized spacial score (nSPS) is 26.1. The monoisotopic (exact) mass is 332 g/mol. The van der Waals surface area contributed by atoms with Gasteiger partial charge in [-0.25, -0.2) is 4.98 Å². The van der Waals surface area contributed by atoms with E-state index in [9.17, 15) is 4.79 Å². The summed E-state index contributed by atoms with van der Waals surface area (Å²) in [4.78, 5) is 16.9. The molecule has 2 aromatic rings. The zero-order valence-electron chi connectivity index (χ0n) is 13.9. The Morgan fingerprint density at radius 3 is 2.91 bits per heavy atom. The molecule has 1 amide bonds. The van der Waals surface area contributed by atoms with Crippen LogP contribution in [0.15, 0.2) is 33.9 Å². The molecule has 1 aromatic heterocycles. The van der Waals surface area contributed by atoms with Crippen molar-refractivity contribution in [3.05, 3.63) is 24.3 Å². The fourth-order valence-corrected chi connectivity index (χ4v) is 3.96. The van der Waals surface area contributed by atoms with Crippen LogP contribution in [0.2, 0.25) is 0 Å². The zero-order valence-corrected chi connectivity index (χ0v) is 14.7. The summed E-state index contributed by atoms with van der Waals surface area (Å²) in [7, 11) is 0. The zero-order chi connectivity index (χ0) is 16.4. The second-order valence-electron chi connectivity index (χ2n) is 6.59. The quantitative estimate of drug-likeness (QED) is 0.851. The predicted molar refractivity (Wildman–Crippen MR) is 93.4 cm³/mol. The maximum absolute atomic E-state index is 12.5. The number of nitrogens with zero attached hydrogens (tertiary/aromatic N) is 1. The fraction of sp³-hybridized carbons (Fsp3) is 0.556.